The number of hydrogen-bond donors (Lipinski definition) is 1. The number of aromatic nitrogens is 2. The summed E-state index contributed by atoms with van der Waals surface area (Å²) in [6.07, 6.45) is -2.61. The Balaban J connectivity index is 1.46. The predicted molar refractivity (Wildman–Crippen MR) is 141 cm³/mol. The number of halogens is 4. The first-order valence-electron chi connectivity index (χ1n) is 12.4. The van der Waals surface area contributed by atoms with Gasteiger partial charge < -0.3 is 14.6 Å². The Hall–Kier alpha value is -3.99. The first kappa shape index (κ1) is 27.6. The van der Waals surface area contributed by atoms with Crippen molar-refractivity contribution in [3.63, 3.8) is 0 Å². The van der Waals surface area contributed by atoms with Gasteiger partial charge in [-0.1, -0.05) is 35.6 Å². The highest BCUT2D eigenvalue weighted by atomic mass is 32.1. The molecule has 11 heteroatoms. The maximum Gasteiger partial charge on any atom is 0.445 e. The van der Waals surface area contributed by atoms with Crippen molar-refractivity contribution >= 4 is 17.3 Å². The van der Waals surface area contributed by atoms with Crippen molar-refractivity contribution in [3.05, 3.63) is 82.6 Å². The molecule has 1 N–H and O–H groups in total. The molecule has 3 aromatic carbocycles. The van der Waals surface area contributed by atoms with Crippen LogP contribution in [0.4, 0.5) is 17.6 Å². The van der Waals surface area contributed by atoms with Crippen molar-refractivity contribution < 1.29 is 36.9 Å². The molecule has 40 heavy (non-hydrogen) atoms. The van der Waals surface area contributed by atoms with Crippen molar-refractivity contribution in [2.45, 2.75) is 38.0 Å². The zero-order valence-corrected chi connectivity index (χ0v) is 22.1. The minimum absolute atomic E-state index is 0.0436. The lowest BCUT2D eigenvalue weighted by Crippen LogP contribution is -2.09. The summed E-state index contributed by atoms with van der Waals surface area (Å²) in [5, 5.41) is 15.2. The van der Waals surface area contributed by atoms with E-state index in [9.17, 15) is 27.5 Å². The summed E-state index contributed by atoms with van der Waals surface area (Å²) in [5.74, 6) is -0.429. The van der Waals surface area contributed by atoms with Crippen molar-refractivity contribution in [2.75, 3.05) is 7.11 Å². The molecule has 0 radical (unpaired) electrons. The van der Waals surface area contributed by atoms with E-state index in [1.165, 1.54) is 31.4 Å². The molecule has 1 atom stereocenters. The fourth-order valence-corrected chi connectivity index (χ4v) is 5.37. The van der Waals surface area contributed by atoms with Crippen LogP contribution < -0.4 is 9.47 Å². The first-order valence-corrected chi connectivity index (χ1v) is 13.3. The maximum atomic E-state index is 14.9. The number of ether oxygens (including phenoxy) is 2. The van der Waals surface area contributed by atoms with Crippen molar-refractivity contribution in [1.82, 2.24) is 10.2 Å². The van der Waals surface area contributed by atoms with E-state index >= 15 is 0 Å². The van der Waals surface area contributed by atoms with E-state index in [2.05, 4.69) is 10.2 Å². The molecule has 0 amide bonds. The number of methoxy groups -OCH3 is 1. The van der Waals surface area contributed by atoms with Gasteiger partial charge in [-0.25, -0.2) is 4.39 Å². The molecule has 1 aliphatic carbocycles. The van der Waals surface area contributed by atoms with Gasteiger partial charge in [0.2, 0.25) is 5.01 Å². The van der Waals surface area contributed by atoms with Gasteiger partial charge in [-0.15, -0.1) is 10.2 Å². The lowest BCUT2D eigenvalue weighted by Gasteiger charge is -2.16. The smallest absolute Gasteiger partial charge is 0.445 e. The standard InChI is InChI=1S/C29H24F4N2O4S/c1-38-19-8-10-25(30)23(12-19)21-9-7-20(13-24(21)27-34-35-28(40-27)29(31,32)33)39-15-16-3-2-4-18(11-16)22(14-26(36)37)17-5-6-17/h2-4,7-13,17,22H,5-6,14-15H2,1H3,(H,36,37). The molecule has 0 bridgehead atoms. The van der Waals surface area contributed by atoms with Crippen LogP contribution in [0.5, 0.6) is 11.5 Å². The van der Waals surface area contributed by atoms with Gasteiger partial charge in [-0.05, 0) is 77.8 Å². The second-order valence-electron chi connectivity index (χ2n) is 9.54. The van der Waals surface area contributed by atoms with Crippen LogP contribution in [-0.4, -0.2) is 28.4 Å². The predicted octanol–water partition coefficient (Wildman–Crippen LogP) is 7.59. The summed E-state index contributed by atoms with van der Waals surface area (Å²) < 4.78 is 65.9. The van der Waals surface area contributed by atoms with Gasteiger partial charge in [0.1, 0.15) is 28.9 Å². The van der Waals surface area contributed by atoms with Crippen molar-refractivity contribution in [2.24, 2.45) is 5.92 Å². The van der Waals surface area contributed by atoms with Gasteiger partial charge in [-0.2, -0.15) is 13.2 Å². The Kier molecular flexibility index (Phi) is 7.75. The molecule has 0 aliphatic heterocycles. The molecule has 208 valence electrons. The normalized spacial score (nSPS) is 14.1. The molecule has 0 spiro atoms. The topological polar surface area (TPSA) is 81.5 Å². The summed E-state index contributed by atoms with van der Waals surface area (Å²) in [5.41, 5.74) is 2.40. The maximum absolute atomic E-state index is 14.9. The molecule has 5 rings (SSSR count). The number of rotatable bonds is 10. The average Bonchev–Trinajstić information content (AvgIpc) is 3.64. The van der Waals surface area contributed by atoms with E-state index in [1.807, 2.05) is 24.3 Å². The lowest BCUT2D eigenvalue weighted by molar-refractivity contribution is -0.138. The van der Waals surface area contributed by atoms with E-state index in [4.69, 9.17) is 9.47 Å². The van der Waals surface area contributed by atoms with Crippen LogP contribution in [0, 0.1) is 11.7 Å². The molecule has 1 heterocycles. The Morgan fingerprint density at radius 3 is 2.45 bits per heavy atom. The van der Waals surface area contributed by atoms with Crippen LogP contribution in [0.1, 0.15) is 41.3 Å². The van der Waals surface area contributed by atoms with Crippen LogP contribution >= 0.6 is 11.3 Å². The quantitative estimate of drug-likeness (QED) is 0.197. The summed E-state index contributed by atoms with van der Waals surface area (Å²) in [6.45, 7) is 0.133. The van der Waals surface area contributed by atoms with Crippen LogP contribution in [-0.2, 0) is 17.6 Å². The summed E-state index contributed by atoms with van der Waals surface area (Å²) >= 11 is 0.355. The Morgan fingerprint density at radius 1 is 1.02 bits per heavy atom. The van der Waals surface area contributed by atoms with Gasteiger partial charge in [0, 0.05) is 11.1 Å². The molecule has 0 saturated heterocycles. The van der Waals surface area contributed by atoms with Gasteiger partial charge in [-0.3, -0.25) is 4.79 Å². The first-order chi connectivity index (χ1) is 19.1. The number of benzene rings is 3. The highest BCUT2D eigenvalue weighted by Crippen LogP contribution is 2.45. The minimum atomic E-state index is -4.67. The summed E-state index contributed by atoms with van der Waals surface area (Å²) in [7, 11) is 1.43. The molecule has 1 aromatic heterocycles. The molecular weight excluding hydrogens is 548 g/mol. The fraction of sp³-hybridized carbons (Fsp3) is 0.276. The van der Waals surface area contributed by atoms with E-state index in [1.54, 1.807) is 12.1 Å². The number of nitrogens with zero attached hydrogens (tertiary/aromatic N) is 2. The van der Waals surface area contributed by atoms with Gasteiger partial charge in [0.25, 0.3) is 0 Å². The van der Waals surface area contributed by atoms with E-state index in [-0.39, 0.29) is 35.1 Å². The highest BCUT2D eigenvalue weighted by molar-refractivity contribution is 7.14. The Bertz CT molecular complexity index is 1530. The minimum Gasteiger partial charge on any atom is -0.497 e. The zero-order valence-electron chi connectivity index (χ0n) is 21.2. The Morgan fingerprint density at radius 2 is 1.77 bits per heavy atom. The van der Waals surface area contributed by atoms with Gasteiger partial charge in [0.15, 0.2) is 0 Å². The van der Waals surface area contributed by atoms with Gasteiger partial charge in [0.05, 0.1) is 13.5 Å². The summed E-state index contributed by atoms with van der Waals surface area (Å²) in [6, 6.07) is 16.3. The number of carbonyl (C=O) groups is 1. The molecule has 1 fully saturated rings. The lowest BCUT2D eigenvalue weighted by atomic mass is 9.90. The van der Waals surface area contributed by atoms with E-state index < -0.39 is 23.0 Å². The second kappa shape index (κ2) is 11.2. The third kappa shape index (κ3) is 6.25. The molecule has 6 nitrogen and oxygen atoms in total. The SMILES string of the molecule is COc1ccc(F)c(-c2ccc(OCc3cccc(C(CC(=O)O)C4CC4)c3)cc2-c2nnc(C(F)(F)F)s2)c1. The third-order valence-corrected chi connectivity index (χ3v) is 7.72. The van der Waals surface area contributed by atoms with Crippen LogP contribution in [0.15, 0.2) is 60.7 Å². The molecule has 4 aromatic rings. The van der Waals surface area contributed by atoms with E-state index in [0.29, 0.717) is 34.3 Å². The summed E-state index contributed by atoms with van der Waals surface area (Å²) in [4.78, 5) is 11.4. The molecular formula is C29H24F4N2O4S. The highest BCUT2D eigenvalue weighted by Gasteiger charge is 2.36. The van der Waals surface area contributed by atoms with Crippen molar-refractivity contribution in [3.8, 4) is 33.2 Å². The largest absolute Gasteiger partial charge is 0.497 e. The molecule has 1 saturated carbocycles. The number of hydrogen-bond acceptors (Lipinski definition) is 6. The average molecular weight is 573 g/mol. The molecule has 1 unspecified atom stereocenters. The van der Waals surface area contributed by atoms with E-state index in [0.717, 1.165) is 24.0 Å². The molecule has 1 aliphatic rings. The zero-order chi connectivity index (χ0) is 28.4. The van der Waals surface area contributed by atoms with Crippen LogP contribution in [0.3, 0.4) is 0 Å². The van der Waals surface area contributed by atoms with Crippen LogP contribution in [0.2, 0.25) is 0 Å². The third-order valence-electron chi connectivity index (χ3n) is 6.72. The number of aliphatic carboxylic acids is 1. The Labute approximate surface area is 231 Å². The fourth-order valence-electron chi connectivity index (χ4n) is 4.63. The monoisotopic (exact) mass is 572 g/mol. The second-order valence-corrected chi connectivity index (χ2v) is 10.5. The number of carboxylic acid groups (broad SMARTS) is 1. The number of carboxylic acids is 1. The van der Waals surface area contributed by atoms with Crippen LogP contribution in [0.25, 0.3) is 21.7 Å². The number of alkyl halides is 3. The van der Waals surface area contributed by atoms with Crippen molar-refractivity contribution in [1.29, 1.82) is 0 Å². The van der Waals surface area contributed by atoms with Gasteiger partial charge >= 0.3 is 12.1 Å².